The molecule has 0 aromatic carbocycles. The lowest BCUT2D eigenvalue weighted by molar-refractivity contribution is 0.630. The number of hydrogen-bond donors (Lipinski definition) is 1. The topological polar surface area (TPSA) is 29.3 Å². The van der Waals surface area contributed by atoms with Crippen molar-refractivity contribution in [1.29, 1.82) is 0 Å². The highest BCUT2D eigenvalue weighted by Crippen LogP contribution is 2.36. The van der Waals surface area contributed by atoms with E-state index in [0.29, 0.717) is 0 Å². The van der Waals surface area contributed by atoms with Crippen LogP contribution in [0.5, 0.6) is 0 Å². The number of nitrogens with one attached hydrogen (secondary N) is 1. The standard InChI is InChI=1S/C19H17N3S3/c1-19(2,3)21-17-16(20-18-22(17)10-12-24-18)15-9-8-14(25-15)7-6-13-5-4-11-23-13/h4-5,8-12,21H,1-3H3. The van der Waals surface area contributed by atoms with Crippen LogP contribution in [0.2, 0.25) is 0 Å². The Balaban J connectivity index is 1.72. The van der Waals surface area contributed by atoms with E-state index in [1.165, 1.54) is 0 Å². The quantitative estimate of drug-likeness (QED) is 0.444. The van der Waals surface area contributed by atoms with Crippen molar-refractivity contribution in [3.05, 3.63) is 51.0 Å². The normalized spacial score (nSPS) is 11.5. The molecule has 0 unspecified atom stereocenters. The molecule has 0 aliphatic carbocycles. The lowest BCUT2D eigenvalue weighted by atomic mass is 10.1. The summed E-state index contributed by atoms with van der Waals surface area (Å²) in [5.74, 6) is 7.52. The van der Waals surface area contributed by atoms with Gasteiger partial charge in [-0.3, -0.25) is 4.40 Å². The van der Waals surface area contributed by atoms with Crippen molar-refractivity contribution in [3.8, 4) is 22.4 Å². The van der Waals surface area contributed by atoms with Gasteiger partial charge in [-0.1, -0.05) is 6.07 Å². The van der Waals surface area contributed by atoms with Gasteiger partial charge in [-0.25, -0.2) is 4.98 Å². The smallest absolute Gasteiger partial charge is 0.195 e. The third kappa shape index (κ3) is 3.49. The number of rotatable bonds is 2. The van der Waals surface area contributed by atoms with Crippen LogP contribution in [-0.4, -0.2) is 14.9 Å². The van der Waals surface area contributed by atoms with Crippen molar-refractivity contribution in [1.82, 2.24) is 9.38 Å². The molecule has 0 aliphatic rings. The van der Waals surface area contributed by atoms with Crippen LogP contribution in [0.25, 0.3) is 15.5 Å². The van der Waals surface area contributed by atoms with E-state index < -0.39 is 0 Å². The van der Waals surface area contributed by atoms with E-state index in [-0.39, 0.29) is 5.54 Å². The number of nitrogens with zero attached hydrogens (tertiary/aromatic N) is 2. The molecule has 126 valence electrons. The summed E-state index contributed by atoms with van der Waals surface area (Å²) in [6, 6.07) is 8.26. The van der Waals surface area contributed by atoms with Gasteiger partial charge in [0.25, 0.3) is 0 Å². The Morgan fingerprint density at radius 2 is 1.88 bits per heavy atom. The van der Waals surface area contributed by atoms with Crippen LogP contribution in [0.4, 0.5) is 5.82 Å². The van der Waals surface area contributed by atoms with Crippen molar-refractivity contribution in [2.75, 3.05) is 5.32 Å². The van der Waals surface area contributed by atoms with Gasteiger partial charge in [-0.15, -0.1) is 34.0 Å². The zero-order valence-electron chi connectivity index (χ0n) is 14.2. The predicted octanol–water partition coefficient (Wildman–Crippen LogP) is 5.80. The molecule has 0 saturated carbocycles. The van der Waals surface area contributed by atoms with E-state index in [2.05, 4.69) is 66.0 Å². The number of fused-ring (bicyclic) bond motifs is 1. The van der Waals surface area contributed by atoms with Crippen LogP contribution in [0.15, 0.2) is 41.2 Å². The molecule has 4 aromatic rings. The number of thiophene rings is 2. The maximum absolute atomic E-state index is 4.83. The summed E-state index contributed by atoms with van der Waals surface area (Å²) in [6.45, 7) is 6.48. The van der Waals surface area contributed by atoms with Crippen LogP contribution < -0.4 is 5.32 Å². The maximum Gasteiger partial charge on any atom is 0.195 e. The molecule has 0 amide bonds. The second-order valence-electron chi connectivity index (χ2n) is 6.63. The van der Waals surface area contributed by atoms with Gasteiger partial charge < -0.3 is 5.32 Å². The van der Waals surface area contributed by atoms with E-state index in [1.807, 2.05) is 17.5 Å². The Morgan fingerprint density at radius 3 is 2.64 bits per heavy atom. The Hall–Kier alpha value is -2.07. The molecule has 0 bridgehead atoms. The number of imidazole rings is 1. The molecule has 3 nitrogen and oxygen atoms in total. The van der Waals surface area contributed by atoms with Gasteiger partial charge in [0.15, 0.2) is 4.96 Å². The van der Waals surface area contributed by atoms with Crippen molar-refractivity contribution in [3.63, 3.8) is 0 Å². The van der Waals surface area contributed by atoms with Crippen LogP contribution in [-0.2, 0) is 0 Å². The second-order valence-corrected chi connectivity index (χ2v) is 9.54. The van der Waals surface area contributed by atoms with Crippen LogP contribution in [0.3, 0.4) is 0 Å². The monoisotopic (exact) mass is 383 g/mol. The molecule has 0 fully saturated rings. The summed E-state index contributed by atoms with van der Waals surface area (Å²) in [5, 5.41) is 7.71. The highest BCUT2D eigenvalue weighted by molar-refractivity contribution is 7.16. The number of aromatic nitrogens is 2. The Labute approximate surface area is 159 Å². The summed E-state index contributed by atoms with van der Waals surface area (Å²) in [4.78, 5) is 9.12. The van der Waals surface area contributed by atoms with Gasteiger partial charge in [0.05, 0.1) is 14.6 Å². The number of hydrogen-bond acceptors (Lipinski definition) is 5. The third-order valence-corrected chi connectivity index (χ3v) is 5.97. The van der Waals surface area contributed by atoms with Crippen molar-refractivity contribution in [2.45, 2.75) is 26.3 Å². The minimum atomic E-state index is -0.0360. The van der Waals surface area contributed by atoms with Gasteiger partial charge in [0.1, 0.15) is 11.5 Å². The third-order valence-electron chi connectivity index (χ3n) is 3.42. The lowest BCUT2D eigenvalue weighted by Gasteiger charge is -2.22. The molecule has 0 spiro atoms. The highest BCUT2D eigenvalue weighted by atomic mass is 32.1. The fourth-order valence-corrected chi connectivity index (χ4v) is 4.57. The van der Waals surface area contributed by atoms with Gasteiger partial charge in [-0.2, -0.15) is 0 Å². The molecule has 4 aromatic heterocycles. The van der Waals surface area contributed by atoms with E-state index in [4.69, 9.17) is 4.98 Å². The molecule has 1 N–H and O–H groups in total. The molecular weight excluding hydrogens is 366 g/mol. The first-order chi connectivity index (χ1) is 12.0. The molecule has 25 heavy (non-hydrogen) atoms. The van der Waals surface area contributed by atoms with E-state index in [0.717, 1.165) is 31.1 Å². The van der Waals surface area contributed by atoms with Crippen LogP contribution in [0, 0.1) is 11.8 Å². The average Bonchev–Trinajstić information content (AvgIpc) is 3.30. The highest BCUT2D eigenvalue weighted by Gasteiger charge is 2.20. The molecular formula is C19H17N3S3. The molecule has 6 heteroatoms. The summed E-state index contributed by atoms with van der Waals surface area (Å²) >= 11 is 5.00. The first kappa shape index (κ1) is 16.4. The maximum atomic E-state index is 4.83. The van der Waals surface area contributed by atoms with E-state index in [1.54, 1.807) is 34.0 Å². The largest absolute Gasteiger partial charge is 0.365 e. The summed E-state index contributed by atoms with van der Waals surface area (Å²) in [5.41, 5.74) is 0.960. The minimum absolute atomic E-state index is 0.0360. The van der Waals surface area contributed by atoms with Crippen molar-refractivity contribution < 1.29 is 0 Å². The first-order valence-corrected chi connectivity index (χ1v) is 10.5. The van der Waals surface area contributed by atoms with Gasteiger partial charge in [-0.05, 0) is 56.2 Å². The SMILES string of the molecule is CC(C)(C)Nc1c(-c2ccc(C#Cc3cccs3)s2)nc2sccn12. The average molecular weight is 384 g/mol. The Bertz CT molecular complexity index is 1060. The molecule has 0 atom stereocenters. The molecule has 4 rings (SSSR count). The summed E-state index contributed by atoms with van der Waals surface area (Å²) < 4.78 is 2.13. The fourth-order valence-electron chi connectivity index (χ4n) is 2.44. The van der Waals surface area contributed by atoms with Gasteiger partial charge >= 0.3 is 0 Å². The van der Waals surface area contributed by atoms with Crippen LogP contribution in [0.1, 0.15) is 30.5 Å². The van der Waals surface area contributed by atoms with Gasteiger partial charge in [0.2, 0.25) is 0 Å². The lowest BCUT2D eigenvalue weighted by Crippen LogP contribution is -2.27. The molecule has 0 saturated heterocycles. The second kappa shape index (κ2) is 6.34. The van der Waals surface area contributed by atoms with Gasteiger partial charge in [0, 0.05) is 17.1 Å². The van der Waals surface area contributed by atoms with E-state index >= 15 is 0 Å². The molecule has 0 aliphatic heterocycles. The minimum Gasteiger partial charge on any atom is -0.365 e. The molecule has 4 heterocycles. The molecule has 0 radical (unpaired) electrons. The van der Waals surface area contributed by atoms with Crippen LogP contribution >= 0.6 is 34.0 Å². The summed E-state index contributed by atoms with van der Waals surface area (Å²) in [6.07, 6.45) is 2.07. The van der Waals surface area contributed by atoms with Crippen molar-refractivity contribution >= 4 is 44.8 Å². The zero-order valence-corrected chi connectivity index (χ0v) is 16.6. The number of anilines is 1. The van der Waals surface area contributed by atoms with E-state index in [9.17, 15) is 0 Å². The zero-order chi connectivity index (χ0) is 17.4. The number of thiazole rings is 1. The summed E-state index contributed by atoms with van der Waals surface area (Å²) in [7, 11) is 0. The Morgan fingerprint density at radius 1 is 1.04 bits per heavy atom. The fraction of sp³-hybridized carbons (Fsp3) is 0.211. The first-order valence-electron chi connectivity index (χ1n) is 7.89. The van der Waals surface area contributed by atoms with Crippen molar-refractivity contribution in [2.24, 2.45) is 0 Å². The predicted molar refractivity (Wildman–Crippen MR) is 110 cm³/mol. The Kier molecular flexibility index (Phi) is 4.16.